The summed E-state index contributed by atoms with van der Waals surface area (Å²) in [5.74, 6) is -0.257. The van der Waals surface area contributed by atoms with Gasteiger partial charge >= 0.3 is 5.97 Å². The van der Waals surface area contributed by atoms with E-state index in [1.165, 1.54) is 19.8 Å². The van der Waals surface area contributed by atoms with E-state index in [0.717, 1.165) is 23.0 Å². The van der Waals surface area contributed by atoms with Crippen LogP contribution in [0, 0.1) is 0 Å². The Morgan fingerprint density at radius 1 is 1.11 bits per heavy atom. The van der Waals surface area contributed by atoms with Crippen LogP contribution in [0.5, 0.6) is 5.88 Å². The lowest BCUT2D eigenvalue weighted by Gasteiger charge is -2.18. The molecule has 0 atom stereocenters. The monoisotopic (exact) mass is 384 g/mol. The molecular formula is C21H21ClN2O3. The molecule has 0 amide bonds. The molecule has 2 aromatic carbocycles. The molecule has 1 aromatic heterocycles. The molecule has 3 rings (SSSR count). The number of rotatable bonds is 6. The summed E-state index contributed by atoms with van der Waals surface area (Å²) >= 11 is 6.31. The molecule has 27 heavy (non-hydrogen) atoms. The molecule has 0 radical (unpaired) electrons. The SMILES string of the molecule is COC(=O)c1cc2cc(Cl)cc(CN(C)Cc3ccccc3)c2nc1OC. The number of nitrogens with zero attached hydrogens (tertiary/aromatic N) is 2. The van der Waals surface area contributed by atoms with Crippen LogP contribution in [0.15, 0.2) is 48.5 Å². The molecule has 6 heteroatoms. The third kappa shape index (κ3) is 4.38. The smallest absolute Gasteiger partial charge is 0.343 e. The van der Waals surface area contributed by atoms with Crippen molar-refractivity contribution in [1.29, 1.82) is 0 Å². The van der Waals surface area contributed by atoms with Gasteiger partial charge in [-0.1, -0.05) is 41.9 Å². The van der Waals surface area contributed by atoms with E-state index in [4.69, 9.17) is 21.1 Å². The average molecular weight is 385 g/mol. The van der Waals surface area contributed by atoms with E-state index in [2.05, 4.69) is 22.0 Å². The van der Waals surface area contributed by atoms with Gasteiger partial charge in [-0.25, -0.2) is 9.78 Å². The molecule has 5 nitrogen and oxygen atoms in total. The number of pyridine rings is 1. The molecule has 0 saturated heterocycles. The molecule has 0 fully saturated rings. The molecule has 0 aliphatic rings. The predicted octanol–water partition coefficient (Wildman–Crippen LogP) is 4.32. The van der Waals surface area contributed by atoms with E-state index >= 15 is 0 Å². The average Bonchev–Trinajstić information content (AvgIpc) is 2.67. The van der Waals surface area contributed by atoms with Crippen molar-refractivity contribution in [2.45, 2.75) is 13.1 Å². The van der Waals surface area contributed by atoms with Gasteiger partial charge < -0.3 is 9.47 Å². The minimum atomic E-state index is -0.496. The van der Waals surface area contributed by atoms with E-state index < -0.39 is 5.97 Å². The van der Waals surface area contributed by atoms with Crippen LogP contribution in [-0.2, 0) is 17.8 Å². The van der Waals surface area contributed by atoms with Gasteiger partial charge in [0.05, 0.1) is 19.7 Å². The zero-order chi connectivity index (χ0) is 19.4. The maximum atomic E-state index is 12.0. The Bertz CT molecular complexity index is 961. The Labute approximate surface area is 163 Å². The lowest BCUT2D eigenvalue weighted by Crippen LogP contribution is -2.17. The van der Waals surface area contributed by atoms with Crippen molar-refractivity contribution in [2.75, 3.05) is 21.3 Å². The molecule has 0 bridgehead atoms. The van der Waals surface area contributed by atoms with Crippen LogP contribution in [0.2, 0.25) is 5.02 Å². The maximum Gasteiger partial charge on any atom is 0.343 e. The summed E-state index contributed by atoms with van der Waals surface area (Å²) in [4.78, 5) is 18.7. The fourth-order valence-corrected chi connectivity index (χ4v) is 3.33. The number of halogens is 1. The Morgan fingerprint density at radius 2 is 1.85 bits per heavy atom. The van der Waals surface area contributed by atoms with Crippen LogP contribution in [0.4, 0.5) is 0 Å². The molecule has 0 N–H and O–H groups in total. The fourth-order valence-electron chi connectivity index (χ4n) is 3.08. The lowest BCUT2D eigenvalue weighted by molar-refractivity contribution is 0.0596. The Morgan fingerprint density at radius 3 is 2.52 bits per heavy atom. The molecule has 0 aliphatic carbocycles. The third-order valence-corrected chi connectivity index (χ3v) is 4.48. The van der Waals surface area contributed by atoms with Crippen LogP contribution < -0.4 is 4.74 Å². The molecule has 140 valence electrons. The zero-order valence-electron chi connectivity index (χ0n) is 15.5. The highest BCUT2D eigenvalue weighted by atomic mass is 35.5. The summed E-state index contributed by atoms with van der Waals surface area (Å²) in [6, 6.07) is 15.6. The predicted molar refractivity (Wildman–Crippen MR) is 106 cm³/mol. The fraction of sp³-hybridized carbons (Fsp3) is 0.238. The zero-order valence-corrected chi connectivity index (χ0v) is 16.3. The lowest BCUT2D eigenvalue weighted by atomic mass is 10.1. The van der Waals surface area contributed by atoms with E-state index in [0.29, 0.717) is 11.6 Å². The molecule has 0 unspecified atom stereocenters. The standard InChI is InChI=1S/C21H21ClN2O3/c1-24(12-14-7-5-4-6-8-14)13-16-10-17(22)9-15-11-18(21(25)27-3)20(26-2)23-19(15)16/h4-11H,12-13H2,1-3H3. The number of methoxy groups -OCH3 is 2. The summed E-state index contributed by atoms with van der Waals surface area (Å²) in [5, 5.41) is 1.36. The van der Waals surface area contributed by atoms with Gasteiger partial charge in [0.2, 0.25) is 5.88 Å². The highest BCUT2D eigenvalue weighted by molar-refractivity contribution is 6.31. The number of esters is 1. The van der Waals surface area contributed by atoms with Gasteiger partial charge in [0, 0.05) is 23.5 Å². The van der Waals surface area contributed by atoms with E-state index in [1.807, 2.05) is 31.3 Å². The normalized spacial score (nSPS) is 11.0. The van der Waals surface area contributed by atoms with Crippen molar-refractivity contribution in [3.8, 4) is 5.88 Å². The van der Waals surface area contributed by atoms with Gasteiger partial charge in [-0.2, -0.15) is 0 Å². The summed E-state index contributed by atoms with van der Waals surface area (Å²) in [7, 11) is 4.85. The first-order valence-electron chi connectivity index (χ1n) is 8.49. The second-order valence-electron chi connectivity index (χ2n) is 6.33. The number of aromatic nitrogens is 1. The number of benzene rings is 2. The topological polar surface area (TPSA) is 51.7 Å². The number of hydrogen-bond acceptors (Lipinski definition) is 5. The third-order valence-electron chi connectivity index (χ3n) is 4.26. The summed E-state index contributed by atoms with van der Waals surface area (Å²) in [6.45, 7) is 1.45. The number of hydrogen-bond donors (Lipinski definition) is 0. The highest BCUT2D eigenvalue weighted by Crippen LogP contribution is 2.29. The van der Waals surface area contributed by atoms with Crippen LogP contribution >= 0.6 is 11.6 Å². The summed E-state index contributed by atoms with van der Waals surface area (Å²) in [6.07, 6.45) is 0. The maximum absolute atomic E-state index is 12.0. The summed E-state index contributed by atoms with van der Waals surface area (Å²) < 4.78 is 10.1. The number of carbonyl (C=O) groups is 1. The van der Waals surface area contributed by atoms with E-state index in [-0.39, 0.29) is 11.4 Å². The van der Waals surface area contributed by atoms with Crippen molar-refractivity contribution in [1.82, 2.24) is 9.88 Å². The number of fused-ring (bicyclic) bond motifs is 1. The minimum Gasteiger partial charge on any atom is -0.480 e. The van der Waals surface area contributed by atoms with Gasteiger partial charge in [0.1, 0.15) is 5.56 Å². The molecule has 0 aliphatic heterocycles. The first kappa shape index (κ1) is 19.1. The van der Waals surface area contributed by atoms with Crippen molar-refractivity contribution >= 4 is 28.5 Å². The van der Waals surface area contributed by atoms with Crippen molar-refractivity contribution in [3.05, 3.63) is 70.2 Å². The van der Waals surface area contributed by atoms with Gasteiger partial charge in [-0.15, -0.1) is 0 Å². The summed E-state index contributed by atoms with van der Waals surface area (Å²) in [5.41, 5.74) is 3.22. The molecular weight excluding hydrogens is 364 g/mol. The Kier molecular flexibility index (Phi) is 5.94. The van der Waals surface area contributed by atoms with E-state index in [9.17, 15) is 4.79 Å². The van der Waals surface area contributed by atoms with Gasteiger partial charge in [0.15, 0.2) is 0 Å². The largest absolute Gasteiger partial charge is 0.480 e. The Balaban J connectivity index is 1.98. The van der Waals surface area contributed by atoms with Gasteiger partial charge in [-0.05, 0) is 36.4 Å². The molecule has 0 saturated carbocycles. The van der Waals surface area contributed by atoms with Crippen LogP contribution in [0.25, 0.3) is 10.9 Å². The minimum absolute atomic E-state index is 0.239. The van der Waals surface area contributed by atoms with E-state index in [1.54, 1.807) is 12.1 Å². The first-order chi connectivity index (χ1) is 13.0. The van der Waals surface area contributed by atoms with Gasteiger partial charge in [0.25, 0.3) is 0 Å². The van der Waals surface area contributed by atoms with Crippen molar-refractivity contribution in [2.24, 2.45) is 0 Å². The number of carbonyl (C=O) groups excluding carboxylic acids is 1. The Hall–Kier alpha value is -2.63. The second kappa shape index (κ2) is 8.37. The van der Waals surface area contributed by atoms with Crippen LogP contribution in [0.1, 0.15) is 21.5 Å². The van der Waals surface area contributed by atoms with Gasteiger partial charge in [-0.3, -0.25) is 4.90 Å². The van der Waals surface area contributed by atoms with Crippen LogP contribution in [0.3, 0.4) is 0 Å². The van der Waals surface area contributed by atoms with Crippen molar-refractivity contribution in [3.63, 3.8) is 0 Å². The van der Waals surface area contributed by atoms with Crippen molar-refractivity contribution < 1.29 is 14.3 Å². The molecule has 0 spiro atoms. The quantitative estimate of drug-likeness (QED) is 0.592. The second-order valence-corrected chi connectivity index (χ2v) is 6.77. The molecule has 3 aromatic rings. The molecule has 1 heterocycles. The van der Waals surface area contributed by atoms with Crippen LogP contribution in [-0.4, -0.2) is 37.1 Å². The highest BCUT2D eigenvalue weighted by Gasteiger charge is 2.18. The first-order valence-corrected chi connectivity index (χ1v) is 8.87. The number of ether oxygens (including phenoxy) is 2.